The minimum absolute atomic E-state index is 0.0572. The first-order valence-electron chi connectivity index (χ1n) is 10.9. The van der Waals surface area contributed by atoms with E-state index in [1.165, 1.54) is 11.4 Å². The van der Waals surface area contributed by atoms with Gasteiger partial charge in [0.25, 0.3) is 10.0 Å². The van der Waals surface area contributed by atoms with Crippen molar-refractivity contribution >= 4 is 27.3 Å². The lowest BCUT2D eigenvalue weighted by Crippen LogP contribution is -2.45. The van der Waals surface area contributed by atoms with Gasteiger partial charge >= 0.3 is 0 Å². The lowest BCUT2D eigenvalue weighted by molar-refractivity contribution is -0.117. The van der Waals surface area contributed by atoms with Crippen LogP contribution < -0.4 is 13.9 Å². The van der Waals surface area contributed by atoms with Crippen LogP contribution in [0.4, 0.5) is 11.4 Å². The van der Waals surface area contributed by atoms with Crippen LogP contribution in [0.3, 0.4) is 0 Å². The maximum Gasteiger partial charge on any atom is 0.264 e. The molecule has 6 nitrogen and oxygen atoms in total. The molecule has 0 aromatic heterocycles. The third-order valence-corrected chi connectivity index (χ3v) is 7.74. The monoisotopic (exact) mass is 464 g/mol. The number of aryl methyl sites for hydroxylation is 2. The molecule has 4 rings (SSSR count). The topological polar surface area (TPSA) is 66.9 Å². The fraction of sp³-hybridized carbons (Fsp3) is 0.269. The molecule has 1 heterocycles. The summed E-state index contributed by atoms with van der Waals surface area (Å²) in [5.41, 5.74) is 4.07. The van der Waals surface area contributed by atoms with Crippen LogP contribution in [0, 0.1) is 13.8 Å². The second-order valence-electron chi connectivity index (χ2n) is 8.45. The molecule has 33 heavy (non-hydrogen) atoms. The predicted octanol–water partition coefficient (Wildman–Crippen LogP) is 4.49. The molecule has 0 aliphatic carbocycles. The Morgan fingerprint density at radius 3 is 2.39 bits per heavy atom. The number of hydrogen-bond donors (Lipinski definition) is 0. The van der Waals surface area contributed by atoms with E-state index in [-0.39, 0.29) is 23.4 Å². The van der Waals surface area contributed by atoms with Gasteiger partial charge in [-0.3, -0.25) is 9.10 Å². The number of amides is 1. The highest BCUT2D eigenvalue weighted by Crippen LogP contribution is 2.36. The minimum Gasteiger partial charge on any atom is -0.495 e. The van der Waals surface area contributed by atoms with Crippen LogP contribution in [-0.2, 0) is 21.2 Å². The van der Waals surface area contributed by atoms with E-state index < -0.39 is 10.0 Å². The van der Waals surface area contributed by atoms with Crippen molar-refractivity contribution in [3.63, 3.8) is 0 Å². The molecule has 0 fully saturated rings. The molecule has 1 aliphatic rings. The standard InChI is InChI=1S/C26H28N2O4S/c1-18-9-12-22(13-10-18)33(30,31)27(24-15-19(2)11-14-25(24)32-4)17-26(29)28-20(3)16-21-7-5-6-8-23(21)28/h5-15,20H,16-17H2,1-4H3/t20-/m0/s1. The molecule has 3 aromatic rings. The second kappa shape index (κ2) is 8.90. The Kier molecular flexibility index (Phi) is 6.17. The molecule has 0 N–H and O–H groups in total. The predicted molar refractivity (Wildman–Crippen MR) is 131 cm³/mol. The number of hydrogen-bond acceptors (Lipinski definition) is 4. The van der Waals surface area contributed by atoms with Crippen LogP contribution in [-0.4, -0.2) is 34.0 Å². The normalized spacial score (nSPS) is 15.3. The van der Waals surface area contributed by atoms with Gasteiger partial charge in [0.1, 0.15) is 12.3 Å². The van der Waals surface area contributed by atoms with E-state index in [1.54, 1.807) is 41.3 Å². The summed E-state index contributed by atoms with van der Waals surface area (Å²) in [5, 5.41) is 0. The molecule has 0 saturated heterocycles. The van der Waals surface area contributed by atoms with Gasteiger partial charge in [0, 0.05) is 11.7 Å². The van der Waals surface area contributed by atoms with Crippen molar-refractivity contribution in [1.29, 1.82) is 0 Å². The number of ether oxygens (including phenoxy) is 1. The summed E-state index contributed by atoms with van der Waals surface area (Å²) < 4.78 is 34.3. The lowest BCUT2D eigenvalue weighted by atomic mass is 10.1. The highest BCUT2D eigenvalue weighted by atomic mass is 32.2. The zero-order chi connectivity index (χ0) is 23.8. The molecule has 1 amide bonds. The molecule has 3 aromatic carbocycles. The summed E-state index contributed by atoms with van der Waals surface area (Å²) in [4.78, 5) is 15.4. The number of fused-ring (bicyclic) bond motifs is 1. The summed E-state index contributed by atoms with van der Waals surface area (Å²) in [5.74, 6) is 0.102. The fourth-order valence-electron chi connectivity index (χ4n) is 4.28. The van der Waals surface area contributed by atoms with E-state index in [0.717, 1.165) is 28.8 Å². The van der Waals surface area contributed by atoms with Crippen molar-refractivity contribution in [3.8, 4) is 5.75 Å². The van der Waals surface area contributed by atoms with Gasteiger partial charge < -0.3 is 9.64 Å². The van der Waals surface area contributed by atoms with Gasteiger partial charge in [-0.2, -0.15) is 0 Å². The molecule has 0 unspecified atom stereocenters. The van der Waals surface area contributed by atoms with Crippen molar-refractivity contribution in [3.05, 3.63) is 83.4 Å². The highest BCUT2D eigenvalue weighted by Gasteiger charge is 2.35. The first-order valence-corrected chi connectivity index (χ1v) is 12.3. The van der Waals surface area contributed by atoms with E-state index in [1.807, 2.05) is 51.1 Å². The third kappa shape index (κ3) is 4.33. The largest absolute Gasteiger partial charge is 0.495 e. The van der Waals surface area contributed by atoms with Gasteiger partial charge in [0.05, 0.1) is 17.7 Å². The summed E-state index contributed by atoms with van der Waals surface area (Å²) in [7, 11) is -2.54. The van der Waals surface area contributed by atoms with Crippen molar-refractivity contribution in [2.75, 3.05) is 22.9 Å². The molecule has 1 atom stereocenters. The Balaban J connectivity index is 1.79. The average Bonchev–Trinajstić information content (AvgIpc) is 3.13. The number of rotatable bonds is 6. The first-order chi connectivity index (χ1) is 15.7. The summed E-state index contributed by atoms with van der Waals surface area (Å²) >= 11 is 0. The van der Waals surface area contributed by atoms with Crippen LogP contribution in [0.25, 0.3) is 0 Å². The van der Waals surface area contributed by atoms with E-state index in [4.69, 9.17) is 4.74 Å². The maximum atomic E-state index is 13.8. The molecule has 0 spiro atoms. The number of sulfonamides is 1. The van der Waals surface area contributed by atoms with Gasteiger partial charge in [0.15, 0.2) is 0 Å². The van der Waals surface area contributed by atoms with E-state index in [9.17, 15) is 13.2 Å². The van der Waals surface area contributed by atoms with Crippen molar-refractivity contribution < 1.29 is 17.9 Å². The molecular formula is C26H28N2O4S. The summed E-state index contributed by atoms with van der Waals surface area (Å²) in [6, 6.07) is 19.6. The zero-order valence-corrected chi connectivity index (χ0v) is 20.1. The smallest absolute Gasteiger partial charge is 0.264 e. The Bertz CT molecular complexity index is 1290. The third-order valence-electron chi connectivity index (χ3n) is 5.97. The Morgan fingerprint density at radius 1 is 1.03 bits per heavy atom. The lowest BCUT2D eigenvalue weighted by Gasteiger charge is -2.29. The summed E-state index contributed by atoms with van der Waals surface area (Å²) in [6.07, 6.45) is 0.736. The number of nitrogens with zero attached hydrogens (tertiary/aromatic N) is 2. The van der Waals surface area contributed by atoms with Crippen LogP contribution in [0.2, 0.25) is 0 Å². The van der Waals surface area contributed by atoms with Crippen LogP contribution in [0.1, 0.15) is 23.6 Å². The van der Waals surface area contributed by atoms with Crippen LogP contribution in [0.15, 0.2) is 71.6 Å². The Hall–Kier alpha value is -3.32. The van der Waals surface area contributed by atoms with Crippen molar-refractivity contribution in [2.45, 2.75) is 38.1 Å². The highest BCUT2D eigenvalue weighted by molar-refractivity contribution is 7.92. The molecule has 0 saturated carbocycles. The first kappa shape index (κ1) is 22.9. The minimum atomic E-state index is -4.03. The Labute approximate surface area is 195 Å². The molecule has 172 valence electrons. The maximum absolute atomic E-state index is 13.8. The van der Waals surface area contributed by atoms with Gasteiger partial charge in [0.2, 0.25) is 5.91 Å². The molecule has 1 aliphatic heterocycles. The number of para-hydroxylation sites is 1. The van der Waals surface area contributed by atoms with Crippen LogP contribution in [0.5, 0.6) is 5.75 Å². The number of anilines is 2. The van der Waals surface area contributed by atoms with E-state index in [2.05, 4.69) is 0 Å². The van der Waals surface area contributed by atoms with Gasteiger partial charge in [-0.05, 0) is 68.7 Å². The van der Waals surface area contributed by atoms with Crippen LogP contribution >= 0.6 is 0 Å². The molecular weight excluding hydrogens is 436 g/mol. The average molecular weight is 465 g/mol. The Morgan fingerprint density at radius 2 is 1.70 bits per heavy atom. The van der Waals surface area contributed by atoms with E-state index >= 15 is 0 Å². The van der Waals surface area contributed by atoms with E-state index in [0.29, 0.717) is 11.4 Å². The fourth-order valence-corrected chi connectivity index (χ4v) is 5.69. The zero-order valence-electron chi connectivity index (χ0n) is 19.3. The summed E-state index contributed by atoms with van der Waals surface area (Å²) in [6.45, 7) is 5.41. The SMILES string of the molecule is COc1ccc(C)cc1N(CC(=O)N1c2ccccc2C[C@@H]1C)S(=O)(=O)c1ccc(C)cc1. The van der Waals surface area contributed by atoms with Crippen molar-refractivity contribution in [2.24, 2.45) is 0 Å². The number of methoxy groups -OCH3 is 1. The van der Waals surface area contributed by atoms with Gasteiger partial charge in [-0.1, -0.05) is 42.0 Å². The van der Waals surface area contributed by atoms with Gasteiger partial charge in [-0.25, -0.2) is 8.42 Å². The quantitative estimate of drug-likeness (QED) is 0.539. The molecule has 0 bridgehead atoms. The number of benzene rings is 3. The molecule has 7 heteroatoms. The number of carbonyl (C=O) groups excluding carboxylic acids is 1. The second-order valence-corrected chi connectivity index (χ2v) is 10.3. The molecule has 0 radical (unpaired) electrons. The number of carbonyl (C=O) groups is 1. The van der Waals surface area contributed by atoms with Gasteiger partial charge in [-0.15, -0.1) is 0 Å². The van der Waals surface area contributed by atoms with Crippen molar-refractivity contribution in [1.82, 2.24) is 0 Å².